The monoisotopic (exact) mass is 796 g/mol. The Bertz CT molecular complexity index is 1520. The van der Waals surface area contributed by atoms with Gasteiger partial charge in [0.05, 0.1) is 38.1 Å². The first-order valence-electron chi connectivity index (χ1n) is 20.8. The van der Waals surface area contributed by atoms with Gasteiger partial charge < -0.3 is 70.0 Å². The molecule has 7 aliphatic rings. The van der Waals surface area contributed by atoms with E-state index in [1.165, 1.54) is 11.1 Å². The highest BCUT2D eigenvalue weighted by atomic mass is 16.7. The Morgan fingerprint density at radius 2 is 1.29 bits per heavy atom. The van der Waals surface area contributed by atoms with Gasteiger partial charge >= 0.3 is 0 Å². The third-order valence-corrected chi connectivity index (χ3v) is 16.9. The first kappa shape index (κ1) is 43.0. The number of allylic oxidation sites excluding steroid dienone is 4. The molecule has 0 spiro atoms. The Hall–Kier alpha value is -1.08. The molecule has 14 nitrogen and oxygen atoms in total. The van der Waals surface area contributed by atoms with E-state index in [9.17, 15) is 51.1 Å². The number of aliphatic hydroxyl groups is 10. The van der Waals surface area contributed by atoms with Crippen molar-refractivity contribution in [2.45, 2.75) is 167 Å². The number of fused-ring (bicyclic) bond motifs is 7. The smallest absolute Gasteiger partial charge is 0.186 e. The maximum absolute atomic E-state index is 11.2. The standard InChI is InChI=1S/C42H68O14/c1-19-20(18-53-36-33(50)31(48)29(46)24(16-43)55-36)23(54-37-34(51)32(49)30(47)25(17-44)56-37)15-39(4)12-13-41(6)21(28(19)39)8-9-27-40(5)14-22(45)35(52)38(2,3)26(40)10-11-42(27,41)7/h8-9,19-20,22-26,28-37,43-52H,10-18H2,1-7H3. The summed E-state index contributed by atoms with van der Waals surface area (Å²) in [5.74, 6) is -0.360. The molecule has 320 valence electrons. The highest BCUT2D eigenvalue weighted by molar-refractivity contribution is 5.46. The Balaban J connectivity index is 1.25. The zero-order valence-electron chi connectivity index (χ0n) is 33.9. The summed E-state index contributed by atoms with van der Waals surface area (Å²) in [6.45, 7) is 14.4. The molecule has 5 aliphatic carbocycles. The molecule has 0 radical (unpaired) electrons. The molecule has 14 heteroatoms. The van der Waals surface area contributed by atoms with E-state index in [1.807, 2.05) is 0 Å². The van der Waals surface area contributed by atoms with Crippen LogP contribution in [0.1, 0.15) is 87.0 Å². The van der Waals surface area contributed by atoms with Crippen LogP contribution in [0.3, 0.4) is 0 Å². The van der Waals surface area contributed by atoms with Crippen LogP contribution >= 0.6 is 0 Å². The third-order valence-electron chi connectivity index (χ3n) is 16.9. The molecule has 21 unspecified atom stereocenters. The second kappa shape index (κ2) is 14.8. The Morgan fingerprint density at radius 3 is 1.89 bits per heavy atom. The molecule has 7 rings (SSSR count). The molecule has 6 fully saturated rings. The van der Waals surface area contributed by atoms with E-state index in [2.05, 4.69) is 60.6 Å². The molecule has 0 amide bonds. The largest absolute Gasteiger partial charge is 0.394 e. The summed E-state index contributed by atoms with van der Waals surface area (Å²) in [5.41, 5.74) is 1.10. The predicted octanol–water partition coefficient (Wildman–Crippen LogP) is 0.507. The first-order chi connectivity index (χ1) is 26.1. The summed E-state index contributed by atoms with van der Waals surface area (Å²) in [6.07, 6.45) is -7.70. The minimum Gasteiger partial charge on any atom is -0.394 e. The first-order valence-corrected chi connectivity index (χ1v) is 20.8. The van der Waals surface area contributed by atoms with Crippen LogP contribution in [-0.4, -0.2) is 151 Å². The fourth-order valence-electron chi connectivity index (χ4n) is 13.5. The molecule has 10 N–H and O–H groups in total. The van der Waals surface area contributed by atoms with Crippen LogP contribution in [-0.2, 0) is 18.9 Å². The van der Waals surface area contributed by atoms with Crippen molar-refractivity contribution in [1.29, 1.82) is 0 Å². The minimum absolute atomic E-state index is 0.0228. The summed E-state index contributed by atoms with van der Waals surface area (Å²) in [4.78, 5) is 0. The van der Waals surface area contributed by atoms with Gasteiger partial charge in [0, 0.05) is 5.92 Å². The molecular formula is C42H68O14. The van der Waals surface area contributed by atoms with Gasteiger partial charge in [-0.15, -0.1) is 0 Å². The average molecular weight is 797 g/mol. The van der Waals surface area contributed by atoms with E-state index in [1.54, 1.807) is 0 Å². The van der Waals surface area contributed by atoms with Crippen molar-refractivity contribution in [2.24, 2.45) is 50.7 Å². The van der Waals surface area contributed by atoms with Gasteiger partial charge in [0.1, 0.15) is 48.8 Å². The lowest BCUT2D eigenvalue weighted by Crippen LogP contribution is -2.64. The SMILES string of the molecule is CC1C(COC2OC(CO)C(O)C(O)C2O)C(OC2OC(CO)C(O)C(O)C2O)CC2(C)CCC3(C)C(=CC=C4C5(C)CC(O)C(O)C(C)(C)C5CCC43C)C12. The highest BCUT2D eigenvalue weighted by Gasteiger charge is 2.68. The van der Waals surface area contributed by atoms with Crippen LogP contribution < -0.4 is 0 Å². The zero-order chi connectivity index (χ0) is 41.1. The minimum atomic E-state index is -1.63. The summed E-state index contributed by atoms with van der Waals surface area (Å²) in [5, 5.41) is 106. The van der Waals surface area contributed by atoms with E-state index in [4.69, 9.17) is 18.9 Å². The molecule has 0 aromatic carbocycles. The Kier molecular flexibility index (Phi) is 11.4. The van der Waals surface area contributed by atoms with Gasteiger partial charge in [-0.05, 0) is 83.4 Å². The second-order valence-corrected chi connectivity index (χ2v) is 20.2. The van der Waals surface area contributed by atoms with E-state index in [0.29, 0.717) is 12.8 Å². The van der Waals surface area contributed by atoms with Crippen molar-refractivity contribution in [1.82, 2.24) is 0 Å². The molecule has 0 aromatic heterocycles. The van der Waals surface area contributed by atoms with E-state index < -0.39 is 104 Å². The van der Waals surface area contributed by atoms with Gasteiger partial charge in [0.2, 0.25) is 0 Å². The predicted molar refractivity (Wildman–Crippen MR) is 200 cm³/mol. The number of hydrogen-bond acceptors (Lipinski definition) is 14. The molecule has 2 saturated heterocycles. The maximum Gasteiger partial charge on any atom is 0.186 e. The molecule has 56 heavy (non-hydrogen) atoms. The quantitative estimate of drug-likeness (QED) is 0.158. The molecule has 21 atom stereocenters. The lowest BCUT2D eigenvalue weighted by Gasteiger charge is -2.69. The van der Waals surface area contributed by atoms with E-state index >= 15 is 0 Å². The summed E-state index contributed by atoms with van der Waals surface area (Å²) >= 11 is 0. The van der Waals surface area contributed by atoms with Gasteiger partial charge in [-0.25, -0.2) is 0 Å². The molecule has 2 aliphatic heterocycles. The van der Waals surface area contributed by atoms with Crippen molar-refractivity contribution in [2.75, 3.05) is 19.8 Å². The van der Waals surface area contributed by atoms with Gasteiger partial charge in [-0.3, -0.25) is 0 Å². The van der Waals surface area contributed by atoms with Gasteiger partial charge in [0.15, 0.2) is 12.6 Å². The topological polar surface area (TPSA) is 239 Å². The summed E-state index contributed by atoms with van der Waals surface area (Å²) < 4.78 is 24.4. The van der Waals surface area contributed by atoms with E-state index in [0.717, 1.165) is 25.7 Å². The fourth-order valence-corrected chi connectivity index (χ4v) is 13.5. The molecule has 0 bridgehead atoms. The van der Waals surface area contributed by atoms with Crippen molar-refractivity contribution >= 4 is 0 Å². The van der Waals surface area contributed by atoms with Crippen LogP contribution in [0.15, 0.2) is 23.3 Å². The highest BCUT2D eigenvalue weighted by Crippen LogP contribution is 2.74. The molecule has 2 heterocycles. The van der Waals surface area contributed by atoms with Gasteiger partial charge in [0.25, 0.3) is 0 Å². The van der Waals surface area contributed by atoms with Crippen molar-refractivity contribution < 1.29 is 70.0 Å². The van der Waals surface area contributed by atoms with Gasteiger partial charge in [-0.1, -0.05) is 71.8 Å². The second-order valence-electron chi connectivity index (χ2n) is 20.2. The van der Waals surface area contributed by atoms with Crippen LogP contribution in [0, 0.1) is 50.7 Å². The van der Waals surface area contributed by atoms with Crippen molar-refractivity contribution in [3.8, 4) is 0 Å². The zero-order valence-corrected chi connectivity index (χ0v) is 33.9. The fraction of sp³-hybridized carbons (Fsp3) is 0.905. The number of aliphatic hydroxyl groups excluding tert-OH is 10. The Labute approximate surface area is 330 Å². The summed E-state index contributed by atoms with van der Waals surface area (Å²) in [6, 6.07) is 0. The number of ether oxygens (including phenoxy) is 4. The molecule has 0 aromatic rings. The van der Waals surface area contributed by atoms with Crippen molar-refractivity contribution in [3.05, 3.63) is 23.3 Å². The number of rotatable bonds is 7. The van der Waals surface area contributed by atoms with Crippen molar-refractivity contribution in [3.63, 3.8) is 0 Å². The molecular weight excluding hydrogens is 728 g/mol. The Morgan fingerprint density at radius 1 is 0.696 bits per heavy atom. The summed E-state index contributed by atoms with van der Waals surface area (Å²) in [7, 11) is 0. The number of hydrogen-bond donors (Lipinski definition) is 10. The van der Waals surface area contributed by atoms with Gasteiger partial charge in [-0.2, -0.15) is 0 Å². The lowest BCUT2D eigenvalue weighted by molar-refractivity contribution is -0.330. The van der Waals surface area contributed by atoms with Crippen LogP contribution in [0.4, 0.5) is 0 Å². The third kappa shape index (κ3) is 6.26. The van der Waals surface area contributed by atoms with E-state index in [-0.39, 0.29) is 46.0 Å². The average Bonchev–Trinajstić information content (AvgIpc) is 3.14. The maximum atomic E-state index is 11.2. The van der Waals surface area contributed by atoms with Crippen LogP contribution in [0.5, 0.6) is 0 Å². The normalized spacial score (nSPS) is 55.5. The van der Waals surface area contributed by atoms with Crippen LogP contribution in [0.2, 0.25) is 0 Å². The van der Waals surface area contributed by atoms with Crippen LogP contribution in [0.25, 0.3) is 0 Å². The molecule has 4 saturated carbocycles. The lowest BCUT2D eigenvalue weighted by atomic mass is 9.35.